The predicted molar refractivity (Wildman–Crippen MR) is 119 cm³/mol. The second kappa shape index (κ2) is 9.59. The molecule has 0 saturated heterocycles. The number of para-hydroxylation sites is 1. The van der Waals surface area contributed by atoms with E-state index in [9.17, 15) is 13.2 Å². The number of carbonyl (C=O) groups is 1. The Balaban J connectivity index is 1.68. The number of sulfonamides is 1. The van der Waals surface area contributed by atoms with Crippen LogP contribution in [0.4, 0.5) is 0 Å². The van der Waals surface area contributed by atoms with E-state index in [0.29, 0.717) is 17.1 Å². The van der Waals surface area contributed by atoms with E-state index in [2.05, 4.69) is 10.5 Å². The van der Waals surface area contributed by atoms with Crippen LogP contribution in [0.3, 0.4) is 0 Å². The lowest BCUT2D eigenvalue weighted by atomic mass is 10.1. The van der Waals surface area contributed by atoms with Crippen LogP contribution in [-0.2, 0) is 14.8 Å². The Bertz CT molecular complexity index is 1220. The van der Waals surface area contributed by atoms with Crippen molar-refractivity contribution in [1.29, 1.82) is 0 Å². The fourth-order valence-electron chi connectivity index (χ4n) is 3.02. The lowest BCUT2D eigenvalue weighted by Crippen LogP contribution is -2.36. The standard InChI is InChI=1S/C22H23N3O5S/c1-25(31(27,28)19-12-11-16-7-4-5-8-17(16)13-19)15-21(26)24-23-14-18-9-6-10-20(29-2)22(18)30-3/h4-14H,15H2,1-3H3,(H,24,26)/b23-14-. The summed E-state index contributed by atoms with van der Waals surface area (Å²) in [4.78, 5) is 12.3. The average molecular weight is 442 g/mol. The molecule has 3 aromatic rings. The van der Waals surface area contributed by atoms with Crippen LogP contribution in [0.15, 0.2) is 70.7 Å². The van der Waals surface area contributed by atoms with Gasteiger partial charge in [0.1, 0.15) is 0 Å². The molecule has 8 nitrogen and oxygen atoms in total. The van der Waals surface area contributed by atoms with Crippen molar-refractivity contribution in [3.05, 3.63) is 66.2 Å². The van der Waals surface area contributed by atoms with Gasteiger partial charge in [-0.1, -0.05) is 36.4 Å². The molecular weight excluding hydrogens is 418 g/mol. The molecule has 0 fully saturated rings. The predicted octanol–water partition coefficient (Wildman–Crippen LogP) is 2.63. The zero-order valence-corrected chi connectivity index (χ0v) is 18.2. The average Bonchev–Trinajstić information content (AvgIpc) is 2.78. The third kappa shape index (κ3) is 5.01. The van der Waals surface area contributed by atoms with Crippen LogP contribution in [0.5, 0.6) is 11.5 Å². The van der Waals surface area contributed by atoms with Crippen LogP contribution >= 0.6 is 0 Å². The molecule has 0 aliphatic rings. The largest absolute Gasteiger partial charge is 0.493 e. The molecule has 1 N–H and O–H groups in total. The van der Waals surface area contributed by atoms with Gasteiger partial charge in [-0.2, -0.15) is 9.41 Å². The van der Waals surface area contributed by atoms with Crippen molar-refractivity contribution < 1.29 is 22.7 Å². The highest BCUT2D eigenvalue weighted by molar-refractivity contribution is 7.89. The monoisotopic (exact) mass is 441 g/mol. The van der Waals surface area contributed by atoms with Crippen molar-refractivity contribution >= 4 is 32.9 Å². The van der Waals surface area contributed by atoms with Crippen molar-refractivity contribution in [1.82, 2.24) is 9.73 Å². The molecule has 3 rings (SSSR count). The number of carbonyl (C=O) groups excluding carboxylic acids is 1. The number of nitrogens with zero attached hydrogens (tertiary/aromatic N) is 2. The molecule has 0 spiro atoms. The van der Waals surface area contributed by atoms with E-state index in [4.69, 9.17) is 9.47 Å². The summed E-state index contributed by atoms with van der Waals surface area (Å²) in [5, 5.41) is 5.63. The van der Waals surface area contributed by atoms with Gasteiger partial charge in [-0.25, -0.2) is 13.8 Å². The van der Waals surface area contributed by atoms with E-state index >= 15 is 0 Å². The van der Waals surface area contributed by atoms with E-state index in [-0.39, 0.29) is 11.4 Å². The minimum Gasteiger partial charge on any atom is -0.493 e. The second-order valence-corrected chi connectivity index (χ2v) is 8.69. The number of fused-ring (bicyclic) bond motifs is 1. The van der Waals surface area contributed by atoms with Crippen molar-refractivity contribution in [3.63, 3.8) is 0 Å². The van der Waals surface area contributed by atoms with E-state index in [1.54, 1.807) is 30.3 Å². The Morgan fingerprint density at radius 3 is 2.48 bits per heavy atom. The molecule has 0 heterocycles. The summed E-state index contributed by atoms with van der Waals surface area (Å²) >= 11 is 0. The zero-order chi connectivity index (χ0) is 22.4. The summed E-state index contributed by atoms with van der Waals surface area (Å²) in [6, 6.07) is 17.6. The summed E-state index contributed by atoms with van der Waals surface area (Å²) in [6.45, 7) is -0.387. The summed E-state index contributed by atoms with van der Waals surface area (Å²) in [5.74, 6) is 0.419. The van der Waals surface area contributed by atoms with Gasteiger partial charge in [0.05, 0.1) is 31.9 Å². The molecule has 9 heteroatoms. The van der Waals surface area contributed by atoms with Crippen molar-refractivity contribution in [3.8, 4) is 11.5 Å². The van der Waals surface area contributed by atoms with E-state index in [1.165, 1.54) is 33.5 Å². The maximum Gasteiger partial charge on any atom is 0.255 e. The minimum atomic E-state index is -3.84. The summed E-state index contributed by atoms with van der Waals surface area (Å²) < 4.78 is 37.2. The van der Waals surface area contributed by atoms with Crippen LogP contribution in [0.2, 0.25) is 0 Å². The van der Waals surface area contributed by atoms with Gasteiger partial charge in [0, 0.05) is 12.6 Å². The number of ether oxygens (including phenoxy) is 2. The molecule has 162 valence electrons. The Kier molecular flexibility index (Phi) is 6.88. The first kappa shape index (κ1) is 22.3. The van der Waals surface area contributed by atoms with Gasteiger partial charge in [0.25, 0.3) is 5.91 Å². The zero-order valence-electron chi connectivity index (χ0n) is 17.4. The number of likely N-dealkylation sites (N-methyl/N-ethyl adjacent to an activating group) is 1. The molecule has 0 aliphatic heterocycles. The van der Waals surface area contributed by atoms with Gasteiger partial charge in [-0.05, 0) is 35.0 Å². The second-order valence-electron chi connectivity index (χ2n) is 6.65. The molecule has 0 bridgehead atoms. The fraction of sp³-hybridized carbons (Fsp3) is 0.182. The molecule has 31 heavy (non-hydrogen) atoms. The quantitative estimate of drug-likeness (QED) is 0.428. The van der Waals surface area contributed by atoms with Gasteiger partial charge >= 0.3 is 0 Å². The molecular formula is C22H23N3O5S. The number of methoxy groups -OCH3 is 2. The molecule has 0 radical (unpaired) electrons. The number of amides is 1. The van der Waals surface area contributed by atoms with Gasteiger partial charge in [-0.15, -0.1) is 0 Å². The third-order valence-electron chi connectivity index (χ3n) is 4.62. The highest BCUT2D eigenvalue weighted by atomic mass is 32.2. The SMILES string of the molecule is COc1cccc(/C=N\NC(=O)CN(C)S(=O)(=O)c2ccc3ccccc3c2)c1OC. The summed E-state index contributed by atoms with van der Waals surface area (Å²) in [5.41, 5.74) is 2.93. The van der Waals surface area contributed by atoms with Gasteiger partial charge < -0.3 is 9.47 Å². The third-order valence-corrected chi connectivity index (χ3v) is 6.42. The maximum absolute atomic E-state index is 12.8. The number of benzene rings is 3. The van der Waals surface area contributed by atoms with E-state index < -0.39 is 15.9 Å². The van der Waals surface area contributed by atoms with Crippen molar-refractivity contribution in [2.24, 2.45) is 5.10 Å². The molecule has 0 unspecified atom stereocenters. The lowest BCUT2D eigenvalue weighted by Gasteiger charge is -2.16. The smallest absolute Gasteiger partial charge is 0.255 e. The minimum absolute atomic E-state index is 0.117. The van der Waals surface area contributed by atoms with Crippen molar-refractivity contribution in [2.45, 2.75) is 4.90 Å². The van der Waals surface area contributed by atoms with E-state index in [1.807, 2.05) is 24.3 Å². The van der Waals surface area contributed by atoms with E-state index in [0.717, 1.165) is 15.1 Å². The Labute approximate surface area is 181 Å². The van der Waals surface area contributed by atoms with Crippen LogP contribution in [0.25, 0.3) is 10.8 Å². The first-order chi connectivity index (χ1) is 14.9. The Morgan fingerprint density at radius 2 is 1.77 bits per heavy atom. The van der Waals surface area contributed by atoms with Gasteiger partial charge in [0.2, 0.25) is 10.0 Å². The van der Waals surface area contributed by atoms with Gasteiger partial charge in [-0.3, -0.25) is 4.79 Å². The Hall–Kier alpha value is -3.43. The van der Waals surface area contributed by atoms with Gasteiger partial charge in [0.15, 0.2) is 11.5 Å². The van der Waals surface area contributed by atoms with Crippen LogP contribution in [-0.4, -0.2) is 52.7 Å². The molecule has 0 aliphatic carbocycles. The summed E-state index contributed by atoms with van der Waals surface area (Å²) in [7, 11) is 0.528. The number of rotatable bonds is 8. The topological polar surface area (TPSA) is 97.3 Å². The number of hydrazone groups is 1. The number of nitrogens with one attached hydrogen (secondary N) is 1. The van der Waals surface area contributed by atoms with Crippen LogP contribution < -0.4 is 14.9 Å². The maximum atomic E-state index is 12.8. The van der Waals surface area contributed by atoms with Crippen LogP contribution in [0.1, 0.15) is 5.56 Å². The Morgan fingerprint density at radius 1 is 1.03 bits per heavy atom. The summed E-state index contributed by atoms with van der Waals surface area (Å²) in [6.07, 6.45) is 1.40. The van der Waals surface area contributed by atoms with Crippen molar-refractivity contribution in [2.75, 3.05) is 27.8 Å². The normalized spacial score (nSPS) is 11.7. The molecule has 1 amide bonds. The molecule has 3 aromatic carbocycles. The molecule has 0 aromatic heterocycles. The highest BCUT2D eigenvalue weighted by Gasteiger charge is 2.23. The highest BCUT2D eigenvalue weighted by Crippen LogP contribution is 2.29. The lowest BCUT2D eigenvalue weighted by molar-refractivity contribution is -0.121. The first-order valence-corrected chi connectivity index (χ1v) is 10.8. The molecule has 0 atom stereocenters. The molecule has 0 saturated carbocycles. The fourth-order valence-corrected chi connectivity index (χ4v) is 4.18. The number of hydrogen-bond donors (Lipinski definition) is 1. The number of hydrogen-bond acceptors (Lipinski definition) is 6. The first-order valence-electron chi connectivity index (χ1n) is 9.35. The van der Waals surface area contributed by atoms with Crippen LogP contribution in [0, 0.1) is 0 Å².